The average molecular weight is 452 g/mol. The van der Waals surface area contributed by atoms with Crippen molar-refractivity contribution in [3.63, 3.8) is 0 Å². The van der Waals surface area contributed by atoms with Gasteiger partial charge in [-0.25, -0.2) is 0 Å². The molecule has 1 heteroatoms. The van der Waals surface area contributed by atoms with Gasteiger partial charge in [0.15, 0.2) is 0 Å². The van der Waals surface area contributed by atoms with Crippen LogP contribution in [0.4, 0.5) is 11.4 Å². The van der Waals surface area contributed by atoms with Crippen LogP contribution >= 0.6 is 0 Å². The summed E-state index contributed by atoms with van der Waals surface area (Å²) < 4.78 is 0. The minimum atomic E-state index is 0.00508. The van der Waals surface area contributed by atoms with Gasteiger partial charge in [-0.2, -0.15) is 0 Å². The van der Waals surface area contributed by atoms with Crippen molar-refractivity contribution in [2.45, 2.75) is 19.3 Å². The second kappa shape index (κ2) is 8.29. The van der Waals surface area contributed by atoms with Gasteiger partial charge in [0.1, 0.15) is 0 Å². The molecule has 1 nitrogen and oxygen atoms in total. The lowest BCUT2D eigenvalue weighted by molar-refractivity contribution is 0.660. The van der Waals surface area contributed by atoms with Gasteiger partial charge in [0.2, 0.25) is 0 Å². The molecule has 0 aliphatic heterocycles. The summed E-state index contributed by atoms with van der Waals surface area (Å²) in [5, 5.41) is 0. The van der Waals surface area contributed by atoms with E-state index in [2.05, 4.69) is 147 Å². The smallest absolute Gasteiger partial charge is 0.0414 e. The van der Waals surface area contributed by atoms with Crippen molar-refractivity contribution in [1.29, 1.82) is 0 Å². The first-order valence-electron chi connectivity index (χ1n) is 12.3. The van der Waals surface area contributed by atoms with E-state index < -0.39 is 0 Å². The topological polar surface area (TPSA) is 3.24 Å². The number of benzene rings is 5. The molecule has 0 radical (unpaired) electrons. The first-order valence-corrected chi connectivity index (χ1v) is 12.3. The highest BCUT2D eigenvalue weighted by Gasteiger charge is 2.35. The number of fused-ring (bicyclic) bond motifs is 3. The molecule has 0 atom stereocenters. The van der Waals surface area contributed by atoms with Crippen LogP contribution < -0.4 is 4.90 Å². The van der Waals surface area contributed by atoms with Crippen LogP contribution in [0.1, 0.15) is 25.0 Å². The highest BCUT2D eigenvalue weighted by atomic mass is 15.1. The fraction of sp³-hybridized carbons (Fsp3) is 0.118. The van der Waals surface area contributed by atoms with E-state index in [-0.39, 0.29) is 5.41 Å². The van der Waals surface area contributed by atoms with Crippen molar-refractivity contribution >= 4 is 11.4 Å². The fourth-order valence-electron chi connectivity index (χ4n) is 5.43. The maximum Gasteiger partial charge on any atom is 0.0414 e. The fourth-order valence-corrected chi connectivity index (χ4v) is 5.43. The molecule has 170 valence electrons. The monoisotopic (exact) mass is 451 g/mol. The van der Waals surface area contributed by atoms with Gasteiger partial charge in [0.25, 0.3) is 0 Å². The third-order valence-electron chi connectivity index (χ3n) is 7.51. The zero-order valence-corrected chi connectivity index (χ0v) is 20.5. The van der Waals surface area contributed by atoms with E-state index in [0.29, 0.717) is 0 Å². The average Bonchev–Trinajstić information content (AvgIpc) is 3.15. The lowest BCUT2D eigenvalue weighted by atomic mass is 9.82. The summed E-state index contributed by atoms with van der Waals surface area (Å²) >= 11 is 0. The summed E-state index contributed by atoms with van der Waals surface area (Å²) in [5.74, 6) is 0. The zero-order valence-electron chi connectivity index (χ0n) is 20.5. The van der Waals surface area contributed by atoms with Crippen LogP contribution in [0.3, 0.4) is 0 Å². The van der Waals surface area contributed by atoms with E-state index in [9.17, 15) is 0 Å². The molecule has 0 amide bonds. The molecule has 0 aromatic heterocycles. The van der Waals surface area contributed by atoms with Crippen molar-refractivity contribution in [2.24, 2.45) is 0 Å². The lowest BCUT2D eigenvalue weighted by Crippen LogP contribution is -2.16. The van der Waals surface area contributed by atoms with Crippen LogP contribution in [-0.2, 0) is 5.41 Å². The molecule has 0 unspecified atom stereocenters. The van der Waals surface area contributed by atoms with Crippen molar-refractivity contribution in [2.75, 3.05) is 11.9 Å². The van der Waals surface area contributed by atoms with Gasteiger partial charge in [-0.1, -0.05) is 111 Å². The standard InChI is InChI=1S/C34H29N/c1-34(2)32-15-8-7-14-30(32)31-21-20-29(23-33(31)34)35(3)28-13-9-12-27(22-28)26-18-16-25(17-19-26)24-10-5-4-6-11-24/h4-23H,1-3H3. The van der Waals surface area contributed by atoms with Gasteiger partial charge in [-0.3, -0.25) is 0 Å². The number of rotatable bonds is 4. The second-order valence-electron chi connectivity index (χ2n) is 9.95. The second-order valence-corrected chi connectivity index (χ2v) is 9.95. The zero-order chi connectivity index (χ0) is 24.0. The van der Waals surface area contributed by atoms with E-state index in [1.807, 2.05) is 0 Å². The predicted molar refractivity (Wildman–Crippen MR) is 149 cm³/mol. The predicted octanol–water partition coefficient (Wildman–Crippen LogP) is 9.09. The first-order chi connectivity index (χ1) is 17.0. The van der Waals surface area contributed by atoms with Gasteiger partial charge in [0.05, 0.1) is 0 Å². The molecule has 6 rings (SSSR count). The Hall–Kier alpha value is -4.10. The van der Waals surface area contributed by atoms with Crippen LogP contribution in [0.25, 0.3) is 33.4 Å². The Morgan fingerprint density at radius 2 is 1.03 bits per heavy atom. The summed E-state index contributed by atoms with van der Waals surface area (Å²) in [7, 11) is 2.16. The number of anilines is 2. The van der Waals surface area contributed by atoms with Gasteiger partial charge < -0.3 is 4.90 Å². The summed E-state index contributed by atoms with van der Waals surface area (Å²) in [5.41, 5.74) is 12.9. The van der Waals surface area contributed by atoms with E-state index >= 15 is 0 Å². The van der Waals surface area contributed by atoms with Crippen molar-refractivity contribution in [3.8, 4) is 33.4 Å². The molecule has 0 fully saturated rings. The molecule has 5 aromatic carbocycles. The third kappa shape index (κ3) is 3.65. The molecule has 1 aliphatic rings. The number of hydrogen-bond donors (Lipinski definition) is 0. The SMILES string of the molecule is CN(c1cccc(-c2ccc(-c3ccccc3)cc2)c1)c1ccc2c(c1)C(C)(C)c1ccccc1-2. The normalized spacial score (nSPS) is 13.2. The number of nitrogens with zero attached hydrogens (tertiary/aromatic N) is 1. The van der Waals surface area contributed by atoms with Crippen LogP contribution in [0.5, 0.6) is 0 Å². The minimum Gasteiger partial charge on any atom is -0.345 e. The first kappa shape index (κ1) is 21.4. The Labute approximate surface area is 208 Å². The molecule has 0 bridgehead atoms. The summed E-state index contributed by atoms with van der Waals surface area (Å²) in [4.78, 5) is 2.29. The molecule has 0 spiro atoms. The molecule has 0 saturated carbocycles. The highest BCUT2D eigenvalue weighted by molar-refractivity contribution is 5.83. The van der Waals surface area contributed by atoms with E-state index in [0.717, 1.165) is 0 Å². The Morgan fingerprint density at radius 1 is 0.457 bits per heavy atom. The molecule has 0 heterocycles. The Bertz CT molecular complexity index is 1510. The third-order valence-corrected chi connectivity index (χ3v) is 7.51. The largest absolute Gasteiger partial charge is 0.345 e. The number of hydrogen-bond acceptors (Lipinski definition) is 1. The van der Waals surface area contributed by atoms with Crippen LogP contribution in [0, 0.1) is 0 Å². The molecule has 5 aromatic rings. The van der Waals surface area contributed by atoms with Crippen molar-refractivity contribution in [3.05, 3.63) is 132 Å². The van der Waals surface area contributed by atoms with Gasteiger partial charge >= 0.3 is 0 Å². The molecular weight excluding hydrogens is 422 g/mol. The van der Waals surface area contributed by atoms with E-state index in [4.69, 9.17) is 0 Å². The quantitative estimate of drug-likeness (QED) is 0.263. The van der Waals surface area contributed by atoms with Gasteiger partial charge in [-0.05, 0) is 68.8 Å². The van der Waals surface area contributed by atoms with E-state index in [1.54, 1.807) is 0 Å². The summed E-state index contributed by atoms with van der Waals surface area (Å²) in [6, 6.07) is 43.9. The maximum atomic E-state index is 2.37. The summed E-state index contributed by atoms with van der Waals surface area (Å²) in [6.07, 6.45) is 0. The van der Waals surface area contributed by atoms with Gasteiger partial charge in [-0.15, -0.1) is 0 Å². The van der Waals surface area contributed by atoms with Crippen LogP contribution in [-0.4, -0.2) is 7.05 Å². The molecular formula is C34H29N. The molecule has 1 aliphatic carbocycles. The van der Waals surface area contributed by atoms with Crippen LogP contribution in [0.15, 0.2) is 121 Å². The highest BCUT2D eigenvalue weighted by Crippen LogP contribution is 2.49. The summed E-state index contributed by atoms with van der Waals surface area (Å²) in [6.45, 7) is 4.67. The maximum absolute atomic E-state index is 2.37. The molecule has 0 saturated heterocycles. The molecule has 35 heavy (non-hydrogen) atoms. The minimum absolute atomic E-state index is 0.00508. The Morgan fingerprint density at radius 3 is 1.80 bits per heavy atom. The van der Waals surface area contributed by atoms with Crippen molar-refractivity contribution < 1.29 is 0 Å². The Balaban J connectivity index is 1.31. The van der Waals surface area contributed by atoms with Gasteiger partial charge in [0, 0.05) is 23.8 Å². The lowest BCUT2D eigenvalue weighted by Gasteiger charge is -2.25. The van der Waals surface area contributed by atoms with Crippen molar-refractivity contribution in [1.82, 2.24) is 0 Å². The van der Waals surface area contributed by atoms with E-state index in [1.165, 1.54) is 55.9 Å². The Kier molecular flexibility index (Phi) is 5.07. The van der Waals surface area contributed by atoms with Crippen LogP contribution in [0.2, 0.25) is 0 Å². The molecule has 0 N–H and O–H groups in total.